The minimum Gasteiger partial charge on any atom is -0.443 e. The first-order valence-electron chi connectivity index (χ1n) is 6.13. The topological polar surface area (TPSA) is 82.1 Å². The van der Waals surface area contributed by atoms with Gasteiger partial charge < -0.3 is 14.2 Å². The van der Waals surface area contributed by atoms with Crippen molar-refractivity contribution in [2.24, 2.45) is 0 Å². The highest BCUT2D eigenvalue weighted by Gasteiger charge is 2.41. The SMILES string of the molecule is CCOC(=O)O[C@H]1CCC(=O)N1C(=O)OC(C)(C)C. The second-order valence-electron chi connectivity index (χ2n) is 5.04. The lowest BCUT2D eigenvalue weighted by molar-refractivity contribution is -0.132. The molecule has 0 spiro atoms. The van der Waals surface area contributed by atoms with E-state index in [-0.39, 0.29) is 19.4 Å². The summed E-state index contributed by atoms with van der Waals surface area (Å²) >= 11 is 0. The number of hydrogen-bond donors (Lipinski definition) is 0. The van der Waals surface area contributed by atoms with Crippen LogP contribution in [-0.2, 0) is 19.0 Å². The zero-order valence-electron chi connectivity index (χ0n) is 11.6. The highest BCUT2D eigenvalue weighted by atomic mass is 16.7. The van der Waals surface area contributed by atoms with Crippen LogP contribution < -0.4 is 0 Å². The number of nitrogens with zero attached hydrogens (tertiary/aromatic N) is 1. The third kappa shape index (κ3) is 4.42. The summed E-state index contributed by atoms with van der Waals surface area (Å²) < 4.78 is 14.6. The number of amides is 2. The van der Waals surface area contributed by atoms with Gasteiger partial charge in [-0.05, 0) is 27.7 Å². The summed E-state index contributed by atoms with van der Waals surface area (Å²) in [4.78, 5) is 35.6. The summed E-state index contributed by atoms with van der Waals surface area (Å²) in [5, 5.41) is 0. The predicted molar refractivity (Wildman–Crippen MR) is 64.2 cm³/mol. The summed E-state index contributed by atoms with van der Waals surface area (Å²) in [6.07, 6.45) is -2.30. The molecule has 0 bridgehead atoms. The molecule has 108 valence electrons. The summed E-state index contributed by atoms with van der Waals surface area (Å²) in [7, 11) is 0. The second kappa shape index (κ2) is 5.90. The van der Waals surface area contributed by atoms with E-state index in [1.54, 1.807) is 27.7 Å². The van der Waals surface area contributed by atoms with E-state index in [1.807, 2.05) is 0 Å². The Morgan fingerprint density at radius 1 is 1.37 bits per heavy atom. The summed E-state index contributed by atoms with van der Waals surface area (Å²) in [5.41, 5.74) is -0.728. The van der Waals surface area contributed by atoms with Gasteiger partial charge in [-0.2, -0.15) is 0 Å². The summed E-state index contributed by atoms with van der Waals surface area (Å²) in [6.45, 7) is 6.85. The fourth-order valence-electron chi connectivity index (χ4n) is 1.56. The van der Waals surface area contributed by atoms with Crippen LogP contribution in [-0.4, -0.2) is 41.5 Å². The van der Waals surface area contributed by atoms with E-state index in [4.69, 9.17) is 9.47 Å². The Hall–Kier alpha value is -1.79. The van der Waals surface area contributed by atoms with E-state index in [1.165, 1.54) is 0 Å². The third-order valence-electron chi connectivity index (χ3n) is 2.25. The highest BCUT2D eigenvalue weighted by Crippen LogP contribution is 2.23. The maximum absolute atomic E-state index is 11.9. The monoisotopic (exact) mass is 273 g/mol. The van der Waals surface area contributed by atoms with Gasteiger partial charge in [-0.1, -0.05) is 0 Å². The van der Waals surface area contributed by atoms with Gasteiger partial charge in [-0.25, -0.2) is 14.5 Å². The van der Waals surface area contributed by atoms with E-state index >= 15 is 0 Å². The van der Waals surface area contributed by atoms with Crippen molar-refractivity contribution in [3.63, 3.8) is 0 Å². The Morgan fingerprint density at radius 3 is 2.53 bits per heavy atom. The zero-order chi connectivity index (χ0) is 14.6. The molecule has 7 heteroatoms. The Kier molecular flexibility index (Phi) is 4.74. The van der Waals surface area contributed by atoms with Gasteiger partial charge in [-0.15, -0.1) is 0 Å². The van der Waals surface area contributed by atoms with E-state index in [0.717, 1.165) is 4.90 Å². The van der Waals surface area contributed by atoms with Crippen LogP contribution in [0.15, 0.2) is 0 Å². The molecule has 0 radical (unpaired) electrons. The summed E-state index contributed by atoms with van der Waals surface area (Å²) in [5.74, 6) is -0.427. The van der Waals surface area contributed by atoms with E-state index in [0.29, 0.717) is 0 Å². The molecular weight excluding hydrogens is 254 g/mol. The van der Waals surface area contributed by atoms with Crippen LogP contribution in [0.5, 0.6) is 0 Å². The van der Waals surface area contributed by atoms with Crippen molar-refractivity contribution >= 4 is 18.2 Å². The quantitative estimate of drug-likeness (QED) is 0.716. The van der Waals surface area contributed by atoms with Crippen molar-refractivity contribution in [3.8, 4) is 0 Å². The van der Waals surface area contributed by atoms with E-state index in [2.05, 4.69) is 4.74 Å². The van der Waals surface area contributed by atoms with Crippen molar-refractivity contribution in [1.29, 1.82) is 0 Å². The number of imide groups is 1. The van der Waals surface area contributed by atoms with Gasteiger partial charge in [0.05, 0.1) is 6.61 Å². The number of likely N-dealkylation sites (tertiary alicyclic amines) is 1. The minimum absolute atomic E-state index is 0.128. The van der Waals surface area contributed by atoms with Crippen LogP contribution in [0.4, 0.5) is 9.59 Å². The molecule has 1 saturated heterocycles. The first-order chi connectivity index (χ1) is 8.74. The van der Waals surface area contributed by atoms with Crippen molar-refractivity contribution in [2.45, 2.75) is 52.4 Å². The van der Waals surface area contributed by atoms with Gasteiger partial charge in [0.15, 0.2) is 6.23 Å². The normalized spacial score (nSPS) is 19.3. The van der Waals surface area contributed by atoms with Crippen LogP contribution in [0.1, 0.15) is 40.5 Å². The van der Waals surface area contributed by atoms with Crippen molar-refractivity contribution < 1.29 is 28.6 Å². The molecule has 0 saturated carbocycles. The second-order valence-corrected chi connectivity index (χ2v) is 5.04. The van der Waals surface area contributed by atoms with Crippen molar-refractivity contribution in [3.05, 3.63) is 0 Å². The van der Waals surface area contributed by atoms with E-state index < -0.39 is 30.0 Å². The molecule has 1 aliphatic heterocycles. The lowest BCUT2D eigenvalue weighted by Gasteiger charge is -2.26. The van der Waals surface area contributed by atoms with Gasteiger partial charge in [0, 0.05) is 12.8 Å². The molecule has 0 aromatic rings. The maximum atomic E-state index is 11.9. The van der Waals surface area contributed by atoms with Gasteiger partial charge >= 0.3 is 12.2 Å². The number of rotatable bonds is 2. The van der Waals surface area contributed by atoms with Crippen molar-refractivity contribution in [2.75, 3.05) is 6.61 Å². The molecule has 1 heterocycles. The van der Waals surface area contributed by atoms with Crippen LogP contribution in [0.3, 0.4) is 0 Å². The molecular formula is C12H19NO6. The fourth-order valence-corrected chi connectivity index (χ4v) is 1.56. The molecule has 0 aliphatic carbocycles. The first-order valence-corrected chi connectivity index (χ1v) is 6.13. The Labute approximate surface area is 111 Å². The third-order valence-corrected chi connectivity index (χ3v) is 2.25. The molecule has 19 heavy (non-hydrogen) atoms. The van der Waals surface area contributed by atoms with Crippen LogP contribution in [0, 0.1) is 0 Å². The predicted octanol–water partition coefficient (Wildman–Crippen LogP) is 2.04. The number of hydrogen-bond acceptors (Lipinski definition) is 6. The molecule has 0 aromatic carbocycles. The Morgan fingerprint density at radius 2 is 2.00 bits per heavy atom. The smallest absolute Gasteiger partial charge is 0.443 e. The lowest BCUT2D eigenvalue weighted by atomic mass is 10.2. The average molecular weight is 273 g/mol. The van der Waals surface area contributed by atoms with Crippen LogP contribution in [0.25, 0.3) is 0 Å². The molecule has 0 aromatic heterocycles. The van der Waals surface area contributed by atoms with Gasteiger partial charge in [0.2, 0.25) is 5.91 Å². The first kappa shape index (κ1) is 15.3. The maximum Gasteiger partial charge on any atom is 0.510 e. The Bertz CT molecular complexity index is 373. The largest absolute Gasteiger partial charge is 0.510 e. The number of ether oxygens (including phenoxy) is 3. The van der Waals surface area contributed by atoms with Gasteiger partial charge in [-0.3, -0.25) is 4.79 Å². The zero-order valence-corrected chi connectivity index (χ0v) is 11.6. The van der Waals surface area contributed by atoms with Crippen LogP contribution in [0.2, 0.25) is 0 Å². The molecule has 2 amide bonds. The highest BCUT2D eigenvalue weighted by molar-refractivity contribution is 5.94. The molecule has 1 fully saturated rings. The molecule has 0 unspecified atom stereocenters. The van der Waals surface area contributed by atoms with E-state index in [9.17, 15) is 14.4 Å². The number of carbonyl (C=O) groups is 3. The molecule has 1 aliphatic rings. The summed E-state index contributed by atoms with van der Waals surface area (Å²) in [6, 6.07) is 0. The number of carbonyl (C=O) groups excluding carboxylic acids is 3. The van der Waals surface area contributed by atoms with Gasteiger partial charge in [0.25, 0.3) is 0 Å². The van der Waals surface area contributed by atoms with Gasteiger partial charge in [0.1, 0.15) is 5.60 Å². The Balaban J connectivity index is 2.69. The lowest BCUT2D eigenvalue weighted by Crippen LogP contribution is -2.44. The standard InChI is InChI=1S/C12H19NO6/c1-5-17-11(16)18-9-7-6-8(14)13(9)10(15)19-12(2,3)4/h9H,5-7H2,1-4H3/t9-/m0/s1. The minimum atomic E-state index is -0.957. The molecule has 1 atom stereocenters. The molecule has 7 nitrogen and oxygen atoms in total. The fraction of sp³-hybridized carbons (Fsp3) is 0.750. The molecule has 1 rings (SSSR count). The average Bonchev–Trinajstić information content (AvgIpc) is 2.57. The molecule has 0 N–H and O–H groups in total. The van der Waals surface area contributed by atoms with Crippen molar-refractivity contribution in [1.82, 2.24) is 4.90 Å². The van der Waals surface area contributed by atoms with Crippen LogP contribution >= 0.6 is 0 Å².